The van der Waals surface area contributed by atoms with Crippen molar-refractivity contribution in [3.8, 4) is 5.75 Å². The smallest absolute Gasteiger partial charge is 0.338 e. The van der Waals surface area contributed by atoms with Gasteiger partial charge in [0.1, 0.15) is 11.8 Å². The van der Waals surface area contributed by atoms with Crippen molar-refractivity contribution in [1.82, 2.24) is 4.57 Å². The number of hydrogen-bond donors (Lipinski definition) is 1. The zero-order valence-electron chi connectivity index (χ0n) is 18.0. The van der Waals surface area contributed by atoms with Gasteiger partial charge in [0, 0.05) is 15.1 Å². The number of aromatic nitrogens is 1. The lowest BCUT2D eigenvalue weighted by Gasteiger charge is -2.26. The van der Waals surface area contributed by atoms with E-state index < -0.39 is 12.0 Å². The number of phenolic OH excluding ortho intramolecular Hbond substituents is 1. The predicted octanol–water partition coefficient (Wildman–Crippen LogP) is 4.31. The van der Waals surface area contributed by atoms with Gasteiger partial charge in [0.2, 0.25) is 0 Å². The van der Waals surface area contributed by atoms with Crippen LogP contribution in [0.25, 0.3) is 6.08 Å². The molecule has 1 aliphatic heterocycles. The molecule has 2 aromatic carbocycles. The second-order valence-electron chi connectivity index (χ2n) is 7.76. The molecule has 4 rings (SSSR count). The van der Waals surface area contributed by atoms with Crippen LogP contribution in [0.15, 0.2) is 68.0 Å². The van der Waals surface area contributed by atoms with Crippen LogP contribution in [0.4, 0.5) is 0 Å². The number of aromatic hydroxyl groups is 1. The van der Waals surface area contributed by atoms with Gasteiger partial charge in [-0.25, -0.2) is 9.79 Å². The summed E-state index contributed by atoms with van der Waals surface area (Å²) in [6, 6.07) is 11.3. The number of carbonyl (C=O) groups excluding carboxylic acids is 1. The SMILES string of the molecule is CC1=C(C(=O)OC(C)C)C(c2ccccc2Cl)n2c(sc(=Cc3cc(Br)ccc3O)c2=O)=N1. The highest BCUT2D eigenvalue weighted by atomic mass is 79.9. The number of esters is 1. The van der Waals surface area contributed by atoms with Gasteiger partial charge in [-0.05, 0) is 56.7 Å². The van der Waals surface area contributed by atoms with E-state index in [-0.39, 0.29) is 23.0 Å². The van der Waals surface area contributed by atoms with E-state index in [0.29, 0.717) is 31.2 Å². The van der Waals surface area contributed by atoms with Gasteiger partial charge in [-0.3, -0.25) is 9.36 Å². The number of allylic oxidation sites excluding steroid dienone is 1. The summed E-state index contributed by atoms with van der Waals surface area (Å²) in [6.07, 6.45) is 1.27. The van der Waals surface area contributed by atoms with Crippen LogP contribution in [0.5, 0.6) is 5.75 Å². The van der Waals surface area contributed by atoms with E-state index in [1.807, 2.05) is 0 Å². The summed E-state index contributed by atoms with van der Waals surface area (Å²) in [5.74, 6) is -0.501. The van der Waals surface area contributed by atoms with Crippen LogP contribution in [0.1, 0.15) is 37.9 Å². The van der Waals surface area contributed by atoms with Gasteiger partial charge in [0.15, 0.2) is 4.80 Å². The summed E-state index contributed by atoms with van der Waals surface area (Å²) in [5, 5.41) is 10.7. The molecule has 0 fully saturated rings. The van der Waals surface area contributed by atoms with E-state index in [9.17, 15) is 14.7 Å². The zero-order chi connectivity index (χ0) is 23.9. The monoisotopic (exact) mass is 546 g/mol. The van der Waals surface area contributed by atoms with Crippen LogP contribution < -0.4 is 14.9 Å². The summed E-state index contributed by atoms with van der Waals surface area (Å²) in [6.45, 7) is 5.24. The molecule has 33 heavy (non-hydrogen) atoms. The second kappa shape index (κ2) is 9.29. The van der Waals surface area contributed by atoms with Gasteiger partial charge in [-0.1, -0.05) is 57.1 Å². The minimum atomic E-state index is -0.792. The van der Waals surface area contributed by atoms with Crippen molar-refractivity contribution in [3.05, 3.63) is 94.0 Å². The number of halogens is 2. The zero-order valence-corrected chi connectivity index (χ0v) is 21.2. The molecule has 0 saturated heterocycles. The Balaban J connectivity index is 1.99. The van der Waals surface area contributed by atoms with Gasteiger partial charge in [0.05, 0.1) is 21.9 Å². The van der Waals surface area contributed by atoms with Crippen molar-refractivity contribution in [3.63, 3.8) is 0 Å². The van der Waals surface area contributed by atoms with Gasteiger partial charge in [-0.2, -0.15) is 0 Å². The molecule has 9 heteroatoms. The average molecular weight is 548 g/mol. The van der Waals surface area contributed by atoms with Crippen molar-refractivity contribution < 1.29 is 14.6 Å². The van der Waals surface area contributed by atoms with Crippen molar-refractivity contribution >= 4 is 50.9 Å². The Labute approximate surface area is 207 Å². The third-order valence-electron chi connectivity index (χ3n) is 5.06. The van der Waals surface area contributed by atoms with E-state index in [1.165, 1.54) is 15.9 Å². The summed E-state index contributed by atoms with van der Waals surface area (Å²) in [7, 11) is 0. The number of ether oxygens (including phenoxy) is 1. The number of fused-ring (bicyclic) bond motifs is 1. The maximum atomic E-state index is 13.6. The first-order chi connectivity index (χ1) is 15.7. The first-order valence-electron chi connectivity index (χ1n) is 10.1. The molecule has 0 saturated carbocycles. The van der Waals surface area contributed by atoms with Gasteiger partial charge >= 0.3 is 5.97 Å². The number of hydrogen-bond acceptors (Lipinski definition) is 6. The van der Waals surface area contributed by atoms with Crippen molar-refractivity contribution in [2.45, 2.75) is 32.9 Å². The van der Waals surface area contributed by atoms with E-state index >= 15 is 0 Å². The molecular formula is C24H20BrClN2O4S. The molecule has 0 radical (unpaired) electrons. The van der Waals surface area contributed by atoms with E-state index in [4.69, 9.17) is 16.3 Å². The van der Waals surface area contributed by atoms with Crippen LogP contribution in [0.3, 0.4) is 0 Å². The molecule has 1 aromatic heterocycles. The molecule has 0 aliphatic carbocycles. The Bertz CT molecular complexity index is 1470. The van der Waals surface area contributed by atoms with Crippen LogP contribution in [0.2, 0.25) is 5.02 Å². The molecule has 1 atom stereocenters. The number of nitrogens with zero attached hydrogens (tertiary/aromatic N) is 2. The van der Waals surface area contributed by atoms with Crippen molar-refractivity contribution in [2.24, 2.45) is 4.99 Å². The Morgan fingerprint density at radius 3 is 2.73 bits per heavy atom. The Hall–Kier alpha value is -2.68. The van der Waals surface area contributed by atoms with E-state index in [0.717, 1.165) is 4.47 Å². The van der Waals surface area contributed by atoms with Gasteiger partial charge in [-0.15, -0.1) is 0 Å². The first-order valence-corrected chi connectivity index (χ1v) is 12.1. The third kappa shape index (κ3) is 4.55. The second-order valence-corrected chi connectivity index (χ2v) is 10.1. The molecule has 1 unspecified atom stereocenters. The lowest BCUT2D eigenvalue weighted by Crippen LogP contribution is -2.40. The fourth-order valence-corrected chi connectivity index (χ4v) is 5.29. The molecule has 6 nitrogen and oxygen atoms in total. The molecule has 170 valence electrons. The lowest BCUT2D eigenvalue weighted by molar-refractivity contribution is -0.143. The number of benzene rings is 2. The summed E-state index contributed by atoms with van der Waals surface area (Å²) in [4.78, 5) is 31.6. The largest absolute Gasteiger partial charge is 0.507 e. The molecule has 1 N–H and O–H groups in total. The number of rotatable bonds is 4. The highest BCUT2D eigenvalue weighted by Crippen LogP contribution is 2.34. The topological polar surface area (TPSA) is 80.9 Å². The lowest BCUT2D eigenvalue weighted by atomic mass is 9.96. The minimum Gasteiger partial charge on any atom is -0.507 e. The molecule has 1 aliphatic rings. The first kappa shape index (κ1) is 23.5. The molecule has 0 bridgehead atoms. The number of carbonyl (C=O) groups is 1. The number of phenols is 1. The maximum Gasteiger partial charge on any atom is 0.338 e. The quantitative estimate of drug-likeness (QED) is 0.494. The normalized spacial score (nSPS) is 16.1. The molecule has 2 heterocycles. The molecule has 0 spiro atoms. The van der Waals surface area contributed by atoms with Gasteiger partial charge < -0.3 is 9.84 Å². The maximum absolute atomic E-state index is 13.6. The molecule has 3 aromatic rings. The molecular weight excluding hydrogens is 528 g/mol. The van der Waals surface area contributed by atoms with E-state index in [1.54, 1.807) is 69.3 Å². The predicted molar refractivity (Wildman–Crippen MR) is 132 cm³/mol. The highest BCUT2D eigenvalue weighted by Gasteiger charge is 2.34. The molecule has 0 amide bonds. The fourth-order valence-electron chi connectivity index (χ4n) is 3.63. The van der Waals surface area contributed by atoms with E-state index in [2.05, 4.69) is 20.9 Å². The standard InChI is InChI=1S/C24H20BrClN2O4S/c1-12(2)32-23(31)20-13(3)27-24-28(21(20)16-6-4-5-7-17(16)26)22(30)19(33-24)11-14-10-15(25)8-9-18(14)29/h4-12,21,29H,1-3H3. The van der Waals surface area contributed by atoms with Crippen LogP contribution in [0, 0.1) is 0 Å². The van der Waals surface area contributed by atoms with Crippen molar-refractivity contribution in [1.29, 1.82) is 0 Å². The minimum absolute atomic E-state index is 0.0454. The fraction of sp³-hybridized carbons (Fsp3) is 0.208. The van der Waals surface area contributed by atoms with Gasteiger partial charge in [0.25, 0.3) is 5.56 Å². The number of thiazole rings is 1. The summed E-state index contributed by atoms with van der Waals surface area (Å²) >= 11 is 11.1. The van der Waals surface area contributed by atoms with Crippen LogP contribution in [-0.4, -0.2) is 21.7 Å². The summed E-state index contributed by atoms with van der Waals surface area (Å²) in [5.41, 5.74) is 1.47. The Morgan fingerprint density at radius 1 is 1.30 bits per heavy atom. The Morgan fingerprint density at radius 2 is 2.03 bits per heavy atom. The average Bonchev–Trinajstić information content (AvgIpc) is 3.04. The summed E-state index contributed by atoms with van der Waals surface area (Å²) < 4.78 is 8.08. The highest BCUT2D eigenvalue weighted by molar-refractivity contribution is 9.10. The Kier molecular flexibility index (Phi) is 6.61. The van der Waals surface area contributed by atoms with Crippen molar-refractivity contribution in [2.75, 3.05) is 0 Å². The third-order valence-corrected chi connectivity index (χ3v) is 6.88. The van der Waals surface area contributed by atoms with Crippen LogP contribution in [-0.2, 0) is 9.53 Å². The van der Waals surface area contributed by atoms with Crippen LogP contribution >= 0.6 is 38.9 Å².